The summed E-state index contributed by atoms with van der Waals surface area (Å²) in [5.74, 6) is 0. The van der Waals surface area contributed by atoms with Crippen LogP contribution in [0.4, 0.5) is 0 Å². The van der Waals surface area contributed by atoms with E-state index in [1.54, 1.807) is 0 Å². The maximum Gasteiger partial charge on any atom is -0.00999 e. The summed E-state index contributed by atoms with van der Waals surface area (Å²) in [5, 5.41) is 0. The van der Waals surface area contributed by atoms with E-state index in [1.165, 1.54) is 11.1 Å². The minimum absolute atomic E-state index is 0.202. The van der Waals surface area contributed by atoms with Crippen molar-refractivity contribution in [3.05, 3.63) is 34.8 Å². The van der Waals surface area contributed by atoms with Crippen molar-refractivity contribution in [3.8, 4) is 0 Å². The van der Waals surface area contributed by atoms with Gasteiger partial charge in [0.25, 0.3) is 0 Å². The summed E-state index contributed by atoms with van der Waals surface area (Å²) in [6.07, 6.45) is 3.91. The van der Waals surface area contributed by atoms with Gasteiger partial charge in [0.2, 0.25) is 0 Å². The predicted molar refractivity (Wildman–Crippen MR) is 73.5 cm³/mol. The zero-order chi connectivity index (χ0) is 13.0. The quantitative estimate of drug-likeness (QED) is 0.415. The lowest BCUT2D eigenvalue weighted by Gasteiger charge is -2.17. The summed E-state index contributed by atoms with van der Waals surface area (Å²) in [7, 11) is 0. The molecule has 0 saturated carbocycles. The Labute approximate surface area is 101 Å². The van der Waals surface area contributed by atoms with Crippen molar-refractivity contribution in [2.75, 3.05) is 0 Å². The van der Waals surface area contributed by atoms with Gasteiger partial charge in [0.1, 0.15) is 0 Å². The van der Waals surface area contributed by atoms with Gasteiger partial charge in [-0.15, -0.1) is 11.5 Å². The van der Waals surface area contributed by atoms with Gasteiger partial charge in [-0.25, -0.2) is 0 Å². The molecule has 90 valence electrons. The van der Waals surface area contributed by atoms with E-state index in [-0.39, 0.29) is 10.8 Å². The summed E-state index contributed by atoms with van der Waals surface area (Å²) >= 11 is 0. The third-order valence-electron chi connectivity index (χ3n) is 2.93. The first-order valence-corrected chi connectivity index (χ1v) is 5.91. The van der Waals surface area contributed by atoms with Crippen LogP contribution in [0.25, 0.3) is 0 Å². The third kappa shape index (κ3) is 5.81. The van der Waals surface area contributed by atoms with Crippen LogP contribution in [0.2, 0.25) is 0 Å². The van der Waals surface area contributed by atoms with Crippen LogP contribution < -0.4 is 0 Å². The van der Waals surface area contributed by atoms with Crippen LogP contribution >= 0.6 is 0 Å². The molecule has 0 radical (unpaired) electrons. The van der Waals surface area contributed by atoms with Gasteiger partial charge in [0, 0.05) is 0 Å². The molecule has 0 aromatic rings. The summed E-state index contributed by atoms with van der Waals surface area (Å²) in [6, 6.07) is 0. The third-order valence-corrected chi connectivity index (χ3v) is 2.93. The molecule has 0 aliphatic heterocycles. The van der Waals surface area contributed by atoms with Gasteiger partial charge in [0.15, 0.2) is 0 Å². The van der Waals surface area contributed by atoms with Crippen molar-refractivity contribution in [1.82, 2.24) is 0 Å². The number of allylic oxidation sites excluding steroid dienone is 2. The standard InChI is InChI=1S/C16H26/c1-13(15(3,4)5)11-9-10-12-14(2)16(6,7)8/h9-10H,1-8H3. The molecule has 0 spiro atoms. The minimum Gasteiger partial charge on any atom is -0.121 e. The first-order valence-electron chi connectivity index (χ1n) is 5.91. The molecule has 0 unspecified atom stereocenters. The lowest BCUT2D eigenvalue weighted by molar-refractivity contribution is 0.504. The van der Waals surface area contributed by atoms with E-state index < -0.39 is 0 Å². The minimum atomic E-state index is 0.202. The van der Waals surface area contributed by atoms with Crippen molar-refractivity contribution in [2.24, 2.45) is 10.8 Å². The molecular formula is C16H26. The molecular weight excluding hydrogens is 192 g/mol. The molecule has 16 heavy (non-hydrogen) atoms. The lowest BCUT2D eigenvalue weighted by Crippen LogP contribution is -2.05. The molecule has 0 saturated heterocycles. The molecule has 0 heteroatoms. The highest BCUT2D eigenvalue weighted by molar-refractivity contribution is 5.15. The molecule has 0 fully saturated rings. The number of hydrogen-bond donors (Lipinski definition) is 0. The molecule has 0 heterocycles. The Kier molecular flexibility index (Phi) is 5.07. The van der Waals surface area contributed by atoms with Crippen molar-refractivity contribution in [1.29, 1.82) is 0 Å². The fourth-order valence-electron chi connectivity index (χ4n) is 0.766. The highest BCUT2D eigenvalue weighted by atomic mass is 14.2. The van der Waals surface area contributed by atoms with Crippen LogP contribution in [-0.2, 0) is 0 Å². The molecule has 0 atom stereocenters. The second-order valence-electron chi connectivity index (χ2n) is 6.37. The second-order valence-corrected chi connectivity index (χ2v) is 6.37. The summed E-state index contributed by atoms with van der Waals surface area (Å²) < 4.78 is 0. The van der Waals surface area contributed by atoms with E-state index in [0.29, 0.717) is 0 Å². The number of rotatable bonds is 1. The van der Waals surface area contributed by atoms with Gasteiger partial charge in [-0.2, -0.15) is 0 Å². The van der Waals surface area contributed by atoms with Crippen molar-refractivity contribution >= 4 is 0 Å². The predicted octanol–water partition coefficient (Wildman–Crippen LogP) is 5.28. The van der Waals surface area contributed by atoms with E-state index in [4.69, 9.17) is 0 Å². The molecule has 0 nitrogen and oxygen atoms in total. The van der Waals surface area contributed by atoms with Gasteiger partial charge >= 0.3 is 0 Å². The summed E-state index contributed by atoms with van der Waals surface area (Å²) in [5.41, 5.74) is 9.51. The van der Waals surface area contributed by atoms with Gasteiger partial charge in [-0.05, 0) is 48.0 Å². The summed E-state index contributed by atoms with van der Waals surface area (Å²) in [6.45, 7) is 17.4. The molecule has 0 N–H and O–H groups in total. The second kappa shape index (κ2) is 5.39. The van der Waals surface area contributed by atoms with E-state index in [0.717, 1.165) is 0 Å². The average Bonchev–Trinajstić information content (AvgIpc) is 2.08. The van der Waals surface area contributed by atoms with Crippen molar-refractivity contribution in [2.45, 2.75) is 55.4 Å². The van der Waals surface area contributed by atoms with Crippen LogP contribution in [0.5, 0.6) is 0 Å². The van der Waals surface area contributed by atoms with Gasteiger partial charge in [-0.1, -0.05) is 41.5 Å². The molecule has 0 amide bonds. The van der Waals surface area contributed by atoms with Crippen LogP contribution in [0.1, 0.15) is 55.4 Å². The Balaban J connectivity index is 4.95. The van der Waals surface area contributed by atoms with E-state index in [2.05, 4.69) is 66.9 Å². The Morgan fingerprint density at radius 3 is 1.12 bits per heavy atom. The number of hydrogen-bond acceptors (Lipinski definition) is 0. The van der Waals surface area contributed by atoms with Crippen LogP contribution in [0, 0.1) is 10.8 Å². The lowest BCUT2D eigenvalue weighted by atomic mass is 9.88. The van der Waals surface area contributed by atoms with Crippen LogP contribution in [-0.4, -0.2) is 0 Å². The van der Waals surface area contributed by atoms with E-state index in [1.807, 2.05) is 12.2 Å². The Morgan fingerprint density at radius 1 is 0.688 bits per heavy atom. The van der Waals surface area contributed by atoms with Crippen LogP contribution in [0.3, 0.4) is 0 Å². The maximum atomic E-state index is 3.29. The molecule has 0 bridgehead atoms. The zero-order valence-electron chi connectivity index (χ0n) is 12.2. The SMILES string of the molecule is CC(=C=CC=C=C(C)C(C)(C)C)C(C)(C)C. The molecule has 0 aliphatic carbocycles. The van der Waals surface area contributed by atoms with E-state index in [9.17, 15) is 0 Å². The molecule has 0 aromatic carbocycles. The van der Waals surface area contributed by atoms with Crippen molar-refractivity contribution in [3.63, 3.8) is 0 Å². The Hall–Kier alpha value is -0.960. The molecule has 0 aromatic heterocycles. The highest BCUT2D eigenvalue weighted by Gasteiger charge is 2.11. The topological polar surface area (TPSA) is 0 Å². The fraction of sp³-hybridized carbons (Fsp3) is 0.625. The van der Waals surface area contributed by atoms with Gasteiger partial charge < -0.3 is 0 Å². The Bertz CT molecular complexity index is 314. The first kappa shape index (κ1) is 15.0. The Morgan fingerprint density at radius 2 is 0.938 bits per heavy atom. The maximum absolute atomic E-state index is 3.29. The molecule has 0 rings (SSSR count). The summed E-state index contributed by atoms with van der Waals surface area (Å²) in [4.78, 5) is 0. The van der Waals surface area contributed by atoms with Gasteiger partial charge in [0.05, 0.1) is 0 Å². The van der Waals surface area contributed by atoms with E-state index >= 15 is 0 Å². The highest BCUT2D eigenvalue weighted by Crippen LogP contribution is 2.23. The molecule has 0 aliphatic rings. The van der Waals surface area contributed by atoms with Gasteiger partial charge in [-0.3, -0.25) is 0 Å². The fourth-order valence-corrected chi connectivity index (χ4v) is 0.766. The monoisotopic (exact) mass is 218 g/mol. The van der Waals surface area contributed by atoms with Crippen molar-refractivity contribution < 1.29 is 0 Å². The average molecular weight is 218 g/mol. The first-order chi connectivity index (χ1) is 7.05. The zero-order valence-corrected chi connectivity index (χ0v) is 12.2. The van der Waals surface area contributed by atoms with Crippen LogP contribution in [0.15, 0.2) is 34.8 Å². The smallest absolute Gasteiger partial charge is 0.00999 e. The normalized spacial score (nSPS) is 11.2. The largest absolute Gasteiger partial charge is 0.121 e.